The van der Waals surface area contributed by atoms with Gasteiger partial charge in [0.1, 0.15) is 6.61 Å². The molecule has 0 radical (unpaired) electrons. The molecule has 8 heteroatoms. The summed E-state index contributed by atoms with van der Waals surface area (Å²) >= 11 is 0. The summed E-state index contributed by atoms with van der Waals surface area (Å²) in [6, 6.07) is 0. The number of carboxylic acids is 1. The highest BCUT2D eigenvalue weighted by atomic mass is 19.4. The van der Waals surface area contributed by atoms with E-state index >= 15 is 0 Å². The molecule has 1 aliphatic rings. The minimum atomic E-state index is -4.88. The molecule has 1 amide bonds. The van der Waals surface area contributed by atoms with Crippen LogP contribution in [0.15, 0.2) is 0 Å². The second kappa shape index (κ2) is 5.77. The van der Waals surface area contributed by atoms with Crippen LogP contribution >= 0.6 is 0 Å². The van der Waals surface area contributed by atoms with Crippen molar-refractivity contribution in [3.05, 3.63) is 0 Å². The minimum Gasteiger partial charge on any atom is -0.481 e. The molecular formula is C11H16F3NO4. The summed E-state index contributed by atoms with van der Waals surface area (Å²) in [5.74, 6) is -2.55. The van der Waals surface area contributed by atoms with E-state index in [1.807, 2.05) is 6.92 Å². The number of rotatable bonds is 5. The molecule has 0 aromatic rings. The van der Waals surface area contributed by atoms with E-state index in [4.69, 9.17) is 9.84 Å². The van der Waals surface area contributed by atoms with E-state index in [1.54, 1.807) is 0 Å². The van der Waals surface area contributed by atoms with Crippen molar-refractivity contribution in [2.75, 3.05) is 26.3 Å². The summed E-state index contributed by atoms with van der Waals surface area (Å²) in [6.07, 6.45) is -4.81. The Balaban J connectivity index is 2.70. The maximum Gasteiger partial charge on any atom is 0.406 e. The van der Waals surface area contributed by atoms with Crippen LogP contribution in [0, 0.1) is 5.41 Å². The molecule has 1 heterocycles. The summed E-state index contributed by atoms with van der Waals surface area (Å²) in [5, 5.41) is 8.82. The standard InChI is InChI=1S/C11H16F3NO4/c1-2-5-19-6-8(16)15-4-3-10(7-15,9(17)18)11(12,13)14/h2-7H2,1H3,(H,17,18). The fraction of sp³-hybridized carbons (Fsp3) is 0.818. The van der Waals surface area contributed by atoms with E-state index in [9.17, 15) is 22.8 Å². The van der Waals surface area contributed by atoms with Gasteiger partial charge in [0.15, 0.2) is 5.41 Å². The summed E-state index contributed by atoms with van der Waals surface area (Å²) in [7, 11) is 0. The number of carbonyl (C=O) groups excluding carboxylic acids is 1. The number of hydrogen-bond acceptors (Lipinski definition) is 3. The van der Waals surface area contributed by atoms with E-state index in [0.717, 1.165) is 4.90 Å². The maximum absolute atomic E-state index is 12.9. The van der Waals surface area contributed by atoms with Crippen molar-refractivity contribution >= 4 is 11.9 Å². The van der Waals surface area contributed by atoms with Crippen LogP contribution in [0.25, 0.3) is 0 Å². The van der Waals surface area contributed by atoms with Crippen LogP contribution in [0.4, 0.5) is 13.2 Å². The molecule has 110 valence electrons. The molecule has 1 aliphatic heterocycles. The van der Waals surface area contributed by atoms with Crippen molar-refractivity contribution < 1.29 is 32.6 Å². The van der Waals surface area contributed by atoms with Crippen molar-refractivity contribution in [1.82, 2.24) is 4.90 Å². The SMILES string of the molecule is CCCOCC(=O)N1CCC(C(=O)O)(C(F)(F)F)C1. The van der Waals surface area contributed by atoms with Gasteiger partial charge >= 0.3 is 12.1 Å². The van der Waals surface area contributed by atoms with Gasteiger partial charge < -0.3 is 14.7 Å². The number of likely N-dealkylation sites (tertiary alicyclic amines) is 1. The Kier molecular flexibility index (Phi) is 4.78. The van der Waals surface area contributed by atoms with Crippen LogP contribution in [0.1, 0.15) is 19.8 Å². The lowest BCUT2D eigenvalue weighted by Crippen LogP contribution is -2.48. The van der Waals surface area contributed by atoms with Crippen LogP contribution in [-0.2, 0) is 14.3 Å². The summed E-state index contributed by atoms with van der Waals surface area (Å²) in [4.78, 5) is 23.4. The second-order valence-corrected chi connectivity index (χ2v) is 4.50. The molecule has 1 fully saturated rings. The number of hydrogen-bond donors (Lipinski definition) is 1. The predicted octanol–water partition coefficient (Wildman–Crippen LogP) is 1.28. The van der Waals surface area contributed by atoms with Crippen LogP contribution in [-0.4, -0.2) is 54.4 Å². The number of carboxylic acid groups (broad SMARTS) is 1. The zero-order valence-corrected chi connectivity index (χ0v) is 10.5. The van der Waals surface area contributed by atoms with Crippen LogP contribution in [0.2, 0.25) is 0 Å². The smallest absolute Gasteiger partial charge is 0.406 e. The normalized spacial score (nSPS) is 23.7. The highest BCUT2D eigenvalue weighted by Crippen LogP contribution is 2.45. The summed E-state index contributed by atoms with van der Waals surface area (Å²) in [5.41, 5.74) is -2.85. The van der Waals surface area contributed by atoms with Gasteiger partial charge in [0.05, 0.1) is 0 Å². The van der Waals surface area contributed by atoms with Gasteiger partial charge in [0.2, 0.25) is 5.91 Å². The van der Waals surface area contributed by atoms with Gasteiger partial charge in [-0.25, -0.2) is 0 Å². The Bertz CT molecular complexity index is 358. The lowest BCUT2D eigenvalue weighted by Gasteiger charge is -2.27. The van der Waals surface area contributed by atoms with E-state index in [-0.39, 0.29) is 13.2 Å². The number of halogens is 3. The zero-order valence-electron chi connectivity index (χ0n) is 10.5. The van der Waals surface area contributed by atoms with Gasteiger partial charge in [-0.3, -0.25) is 9.59 Å². The van der Waals surface area contributed by atoms with E-state index in [0.29, 0.717) is 13.0 Å². The first-order valence-corrected chi connectivity index (χ1v) is 5.90. The second-order valence-electron chi connectivity index (χ2n) is 4.50. The van der Waals surface area contributed by atoms with E-state index in [1.165, 1.54) is 0 Å². The number of ether oxygens (including phenoxy) is 1. The van der Waals surface area contributed by atoms with Crippen LogP contribution in [0.5, 0.6) is 0 Å². The Hall–Kier alpha value is -1.31. The average Bonchev–Trinajstić information content (AvgIpc) is 2.74. The quantitative estimate of drug-likeness (QED) is 0.772. The molecule has 1 unspecified atom stereocenters. The Morgan fingerprint density at radius 1 is 1.42 bits per heavy atom. The molecule has 1 rings (SSSR count). The van der Waals surface area contributed by atoms with E-state index in [2.05, 4.69) is 0 Å². The number of aliphatic carboxylic acids is 1. The molecule has 5 nitrogen and oxygen atoms in total. The first-order valence-electron chi connectivity index (χ1n) is 5.90. The third kappa shape index (κ3) is 3.17. The lowest BCUT2D eigenvalue weighted by atomic mass is 9.86. The molecule has 19 heavy (non-hydrogen) atoms. The van der Waals surface area contributed by atoms with Crippen molar-refractivity contribution in [1.29, 1.82) is 0 Å². The van der Waals surface area contributed by atoms with Gasteiger partial charge in [0, 0.05) is 19.7 Å². The number of nitrogens with zero attached hydrogens (tertiary/aromatic N) is 1. The van der Waals surface area contributed by atoms with Gasteiger partial charge in [0.25, 0.3) is 0 Å². The van der Waals surface area contributed by atoms with Gasteiger partial charge in [-0.15, -0.1) is 0 Å². The van der Waals surface area contributed by atoms with Crippen LogP contribution < -0.4 is 0 Å². The first kappa shape index (κ1) is 15.7. The number of amides is 1. The Morgan fingerprint density at radius 2 is 2.05 bits per heavy atom. The monoisotopic (exact) mass is 283 g/mol. The fourth-order valence-corrected chi connectivity index (χ4v) is 1.94. The van der Waals surface area contributed by atoms with Crippen molar-refractivity contribution in [3.8, 4) is 0 Å². The number of alkyl halides is 3. The average molecular weight is 283 g/mol. The molecule has 0 aliphatic carbocycles. The van der Waals surface area contributed by atoms with Crippen molar-refractivity contribution in [2.24, 2.45) is 5.41 Å². The minimum absolute atomic E-state index is 0.222. The maximum atomic E-state index is 12.9. The topological polar surface area (TPSA) is 66.8 Å². The molecule has 0 saturated carbocycles. The Morgan fingerprint density at radius 3 is 2.47 bits per heavy atom. The fourth-order valence-electron chi connectivity index (χ4n) is 1.94. The highest BCUT2D eigenvalue weighted by Gasteiger charge is 2.64. The van der Waals surface area contributed by atoms with E-state index < -0.39 is 36.4 Å². The van der Waals surface area contributed by atoms with Gasteiger partial charge in [-0.05, 0) is 12.8 Å². The molecule has 0 aromatic carbocycles. The van der Waals surface area contributed by atoms with Crippen LogP contribution in [0.3, 0.4) is 0 Å². The lowest BCUT2D eigenvalue weighted by molar-refractivity contribution is -0.227. The molecule has 0 bridgehead atoms. The van der Waals surface area contributed by atoms with Gasteiger partial charge in [-0.2, -0.15) is 13.2 Å². The Labute approximate surface area is 108 Å². The highest BCUT2D eigenvalue weighted by molar-refractivity contribution is 5.82. The van der Waals surface area contributed by atoms with Gasteiger partial charge in [-0.1, -0.05) is 6.92 Å². The third-order valence-corrected chi connectivity index (χ3v) is 3.15. The summed E-state index contributed by atoms with van der Waals surface area (Å²) in [6.45, 7) is 0.782. The molecular weight excluding hydrogens is 267 g/mol. The zero-order chi connectivity index (χ0) is 14.7. The molecule has 1 N–H and O–H groups in total. The molecule has 1 atom stereocenters. The molecule has 1 saturated heterocycles. The molecule has 0 aromatic heterocycles. The molecule has 0 spiro atoms. The first-order chi connectivity index (χ1) is 8.74. The van der Waals surface area contributed by atoms with Crippen molar-refractivity contribution in [2.45, 2.75) is 25.9 Å². The number of carbonyl (C=O) groups is 2. The largest absolute Gasteiger partial charge is 0.481 e. The van der Waals surface area contributed by atoms with Crippen molar-refractivity contribution in [3.63, 3.8) is 0 Å². The summed E-state index contributed by atoms with van der Waals surface area (Å²) < 4.78 is 43.5. The third-order valence-electron chi connectivity index (χ3n) is 3.15. The predicted molar refractivity (Wildman–Crippen MR) is 58.4 cm³/mol.